The molecule has 2 heteroatoms. The van der Waals surface area contributed by atoms with Crippen molar-refractivity contribution in [3.05, 3.63) is 119 Å². The Balaban J connectivity index is 1.57. The second-order valence-corrected chi connectivity index (χ2v) is 11.7. The van der Waals surface area contributed by atoms with E-state index in [0.29, 0.717) is 0 Å². The van der Waals surface area contributed by atoms with Crippen molar-refractivity contribution in [3.63, 3.8) is 0 Å². The molecule has 0 fully saturated rings. The molecule has 1 aliphatic rings. The van der Waals surface area contributed by atoms with Crippen molar-refractivity contribution in [2.24, 2.45) is 0 Å². The van der Waals surface area contributed by atoms with Crippen LogP contribution < -0.4 is 4.90 Å². The molecule has 1 nitrogen and oxygen atoms in total. The smallest absolute Gasteiger partial charge is 0.0553 e. The number of hydrogen-bond donors (Lipinski definition) is 0. The fraction of sp³-hybridized carbons (Fsp3) is 0.273. The van der Waals surface area contributed by atoms with Gasteiger partial charge in [-0.1, -0.05) is 119 Å². The summed E-state index contributed by atoms with van der Waals surface area (Å²) in [5, 5.41) is 0. The molecule has 0 bridgehead atoms. The van der Waals surface area contributed by atoms with Crippen molar-refractivity contribution in [2.75, 3.05) is 11.4 Å². The van der Waals surface area contributed by atoms with Crippen LogP contribution in [-0.4, -0.2) is 6.54 Å². The first kappa shape index (κ1) is 23.8. The maximum atomic E-state index is 2.51. The van der Waals surface area contributed by atoms with E-state index in [4.69, 9.17) is 0 Å². The topological polar surface area (TPSA) is 3.24 Å². The Hall–Kier alpha value is -2.97. The highest BCUT2D eigenvalue weighted by Crippen LogP contribution is 2.51. The summed E-state index contributed by atoms with van der Waals surface area (Å²) in [7, 11) is 0. The third-order valence-electron chi connectivity index (χ3n) is 7.60. The molecular weight excluding hydrogens is 442 g/mol. The van der Waals surface area contributed by atoms with Gasteiger partial charge < -0.3 is 4.90 Å². The molecule has 0 spiro atoms. The van der Waals surface area contributed by atoms with Crippen LogP contribution in [0.25, 0.3) is 0 Å². The average Bonchev–Trinajstić information content (AvgIpc) is 2.89. The van der Waals surface area contributed by atoms with Crippen molar-refractivity contribution in [3.8, 4) is 0 Å². The Morgan fingerprint density at radius 1 is 0.571 bits per heavy atom. The average molecular weight is 478 g/mol. The zero-order valence-electron chi connectivity index (χ0n) is 21.5. The third kappa shape index (κ3) is 4.29. The quantitative estimate of drug-likeness (QED) is 0.272. The van der Waals surface area contributed by atoms with E-state index < -0.39 is 0 Å². The minimum atomic E-state index is -0.0517. The molecule has 4 aromatic carbocycles. The zero-order valence-corrected chi connectivity index (χ0v) is 22.3. The van der Waals surface area contributed by atoms with E-state index in [-0.39, 0.29) is 10.8 Å². The molecule has 5 rings (SSSR count). The Morgan fingerprint density at radius 3 is 1.40 bits per heavy atom. The van der Waals surface area contributed by atoms with Crippen LogP contribution >= 0.6 is 11.8 Å². The van der Waals surface area contributed by atoms with Crippen LogP contribution in [0.1, 0.15) is 63.3 Å². The van der Waals surface area contributed by atoms with Crippen LogP contribution in [0.2, 0.25) is 0 Å². The molecule has 0 atom stereocenters. The summed E-state index contributed by atoms with van der Waals surface area (Å²) >= 11 is 1.92. The highest BCUT2D eigenvalue weighted by molar-refractivity contribution is 7.99. The van der Waals surface area contributed by atoms with Gasteiger partial charge in [0.25, 0.3) is 0 Å². The van der Waals surface area contributed by atoms with E-state index in [9.17, 15) is 0 Å². The maximum absolute atomic E-state index is 2.51. The van der Waals surface area contributed by atoms with Gasteiger partial charge in [-0.3, -0.25) is 0 Å². The number of anilines is 2. The van der Waals surface area contributed by atoms with Crippen molar-refractivity contribution >= 4 is 23.1 Å². The normalized spacial score (nSPS) is 13.3. The molecule has 0 amide bonds. The summed E-state index contributed by atoms with van der Waals surface area (Å²) in [5.41, 5.74) is 7.95. The fourth-order valence-corrected chi connectivity index (χ4v) is 6.35. The van der Waals surface area contributed by atoms with Crippen LogP contribution in [-0.2, 0) is 10.8 Å². The van der Waals surface area contributed by atoms with Gasteiger partial charge in [0, 0.05) is 27.2 Å². The van der Waals surface area contributed by atoms with Crippen molar-refractivity contribution < 1.29 is 0 Å². The summed E-state index contributed by atoms with van der Waals surface area (Å²) in [6, 6.07) is 35.9. The predicted molar refractivity (Wildman–Crippen MR) is 151 cm³/mol. The molecule has 0 saturated carbocycles. The van der Waals surface area contributed by atoms with Gasteiger partial charge in [-0.25, -0.2) is 0 Å². The lowest BCUT2D eigenvalue weighted by molar-refractivity contribution is 0.637. The standard InChI is InChI=1S/C33H35NS/c1-6-21-34-28-19-17-26(32(2,3)24-13-9-7-10-14-24)22-30(28)35-31-23-27(18-20-29(31)34)33(4,5)25-15-11-8-12-16-25/h7-20,22-23H,6,21H2,1-5H3. The molecule has 1 aliphatic heterocycles. The molecular formula is C33H35NS. The van der Waals surface area contributed by atoms with Crippen LogP contribution in [0.15, 0.2) is 107 Å². The second-order valence-electron chi connectivity index (χ2n) is 10.6. The SMILES string of the molecule is CCCN1c2ccc(C(C)(C)c3ccccc3)cc2Sc2cc(C(C)(C)c3ccccc3)ccc21. The highest BCUT2D eigenvalue weighted by Gasteiger charge is 2.30. The number of hydrogen-bond acceptors (Lipinski definition) is 2. The lowest BCUT2D eigenvalue weighted by atomic mass is 9.78. The number of fused-ring (bicyclic) bond motifs is 2. The number of nitrogens with zero attached hydrogens (tertiary/aromatic N) is 1. The molecule has 1 heterocycles. The molecule has 0 aliphatic carbocycles. The first-order valence-electron chi connectivity index (χ1n) is 12.7. The monoisotopic (exact) mass is 477 g/mol. The summed E-state index contributed by atoms with van der Waals surface area (Å²) in [4.78, 5) is 5.21. The Bertz CT molecular complexity index is 1220. The maximum Gasteiger partial charge on any atom is 0.0553 e. The van der Waals surface area contributed by atoms with Gasteiger partial charge in [0.15, 0.2) is 0 Å². The molecule has 0 N–H and O–H groups in total. The van der Waals surface area contributed by atoms with Gasteiger partial charge in [0.05, 0.1) is 11.4 Å². The molecule has 0 radical (unpaired) electrons. The molecule has 0 unspecified atom stereocenters. The van der Waals surface area contributed by atoms with Crippen LogP contribution in [0.4, 0.5) is 11.4 Å². The van der Waals surface area contributed by atoms with E-state index in [0.717, 1.165) is 13.0 Å². The lowest BCUT2D eigenvalue weighted by Gasteiger charge is -2.36. The zero-order chi connectivity index (χ0) is 24.6. The molecule has 0 saturated heterocycles. The van der Waals surface area contributed by atoms with Crippen molar-refractivity contribution in [1.82, 2.24) is 0 Å². The van der Waals surface area contributed by atoms with Gasteiger partial charge in [0.1, 0.15) is 0 Å². The molecule has 35 heavy (non-hydrogen) atoms. The molecule has 178 valence electrons. The van der Waals surface area contributed by atoms with Gasteiger partial charge in [-0.05, 0) is 52.9 Å². The first-order valence-corrected chi connectivity index (χ1v) is 13.5. The van der Waals surface area contributed by atoms with Gasteiger partial charge >= 0.3 is 0 Å². The van der Waals surface area contributed by atoms with E-state index in [1.165, 1.54) is 43.4 Å². The summed E-state index contributed by atoms with van der Waals surface area (Å²) in [6.45, 7) is 12.6. The summed E-state index contributed by atoms with van der Waals surface area (Å²) < 4.78 is 0. The third-order valence-corrected chi connectivity index (χ3v) is 8.70. The Morgan fingerprint density at radius 2 is 1.00 bits per heavy atom. The summed E-state index contributed by atoms with van der Waals surface area (Å²) in [6.07, 6.45) is 1.11. The minimum absolute atomic E-state index is 0.0517. The van der Waals surface area contributed by atoms with E-state index in [1.54, 1.807) is 0 Å². The van der Waals surface area contributed by atoms with Crippen LogP contribution in [0, 0.1) is 0 Å². The minimum Gasteiger partial charge on any atom is -0.340 e. The van der Waals surface area contributed by atoms with E-state index >= 15 is 0 Å². The molecule has 0 aromatic heterocycles. The number of benzene rings is 4. The van der Waals surface area contributed by atoms with Crippen LogP contribution in [0.5, 0.6) is 0 Å². The van der Waals surface area contributed by atoms with E-state index in [1.807, 2.05) is 11.8 Å². The fourth-order valence-electron chi connectivity index (χ4n) is 5.17. The van der Waals surface area contributed by atoms with Gasteiger partial charge in [-0.2, -0.15) is 0 Å². The first-order chi connectivity index (χ1) is 16.8. The molecule has 4 aromatic rings. The Labute approximate surface area is 215 Å². The van der Waals surface area contributed by atoms with E-state index in [2.05, 4.69) is 137 Å². The lowest BCUT2D eigenvalue weighted by Crippen LogP contribution is -2.24. The Kier molecular flexibility index (Phi) is 6.27. The number of rotatable bonds is 6. The summed E-state index contributed by atoms with van der Waals surface area (Å²) in [5.74, 6) is 0. The largest absolute Gasteiger partial charge is 0.340 e. The van der Waals surface area contributed by atoms with Gasteiger partial charge in [-0.15, -0.1) is 0 Å². The predicted octanol–water partition coefficient (Wildman–Crippen LogP) is 9.35. The van der Waals surface area contributed by atoms with Crippen molar-refractivity contribution in [2.45, 2.75) is 61.7 Å². The van der Waals surface area contributed by atoms with Crippen molar-refractivity contribution in [1.29, 1.82) is 0 Å². The van der Waals surface area contributed by atoms with Gasteiger partial charge in [0.2, 0.25) is 0 Å². The van der Waals surface area contributed by atoms with Crippen LogP contribution in [0.3, 0.4) is 0 Å². The second kappa shape index (κ2) is 9.24. The highest BCUT2D eigenvalue weighted by atomic mass is 32.2.